The number of likely N-dealkylation sites (N-methyl/N-ethyl adjacent to an activating group) is 2. The lowest BCUT2D eigenvalue weighted by molar-refractivity contribution is -0.156. The molecule has 0 aromatic heterocycles. The number of carbonyl (C=O) groups excluding carboxylic acids is 1. The lowest BCUT2D eigenvalue weighted by Gasteiger charge is -2.56. The molecule has 1 amide bonds. The molecule has 4 rings (SSSR count). The lowest BCUT2D eigenvalue weighted by atomic mass is 9.49. The van der Waals surface area contributed by atoms with Gasteiger partial charge in [-0.2, -0.15) is 0 Å². The summed E-state index contributed by atoms with van der Waals surface area (Å²) in [6.07, 6.45) is 7.78. The van der Waals surface area contributed by atoms with E-state index >= 15 is 0 Å². The monoisotopic (exact) mass is 250 g/mol. The molecule has 0 heterocycles. The Bertz CT molecular complexity index is 304. The van der Waals surface area contributed by atoms with Crippen LogP contribution in [0, 0.1) is 23.2 Å². The Morgan fingerprint density at radius 2 is 1.67 bits per heavy atom. The van der Waals surface area contributed by atoms with E-state index in [1.54, 1.807) is 0 Å². The minimum atomic E-state index is 0.0389. The molecule has 3 nitrogen and oxygen atoms in total. The zero-order valence-corrected chi connectivity index (χ0v) is 11.7. The second-order valence-corrected chi connectivity index (χ2v) is 7.03. The van der Waals surface area contributed by atoms with Crippen LogP contribution in [-0.2, 0) is 4.79 Å². The van der Waals surface area contributed by atoms with Crippen LogP contribution >= 0.6 is 0 Å². The predicted octanol–water partition coefficient (Wildman–Crippen LogP) is 1.88. The van der Waals surface area contributed by atoms with Crippen LogP contribution in [0.3, 0.4) is 0 Å². The molecule has 18 heavy (non-hydrogen) atoms. The maximum Gasteiger partial charge on any atom is 0.228 e. The highest BCUT2D eigenvalue weighted by Crippen LogP contribution is 2.60. The molecule has 0 saturated heterocycles. The summed E-state index contributed by atoms with van der Waals surface area (Å²) in [4.78, 5) is 14.8. The van der Waals surface area contributed by atoms with Gasteiger partial charge in [0.25, 0.3) is 0 Å². The van der Waals surface area contributed by atoms with Crippen LogP contribution in [0.25, 0.3) is 0 Å². The highest BCUT2D eigenvalue weighted by atomic mass is 16.2. The van der Waals surface area contributed by atoms with Gasteiger partial charge >= 0.3 is 0 Å². The molecule has 4 saturated carbocycles. The van der Waals surface area contributed by atoms with Gasteiger partial charge in [0.15, 0.2) is 0 Å². The van der Waals surface area contributed by atoms with Crippen LogP contribution in [0.1, 0.15) is 38.5 Å². The largest absolute Gasteiger partial charge is 0.344 e. The van der Waals surface area contributed by atoms with Crippen molar-refractivity contribution in [2.75, 3.05) is 27.2 Å². The summed E-state index contributed by atoms with van der Waals surface area (Å²) in [5.74, 6) is 3.02. The molecule has 0 atom stereocenters. The van der Waals surface area contributed by atoms with Crippen LogP contribution < -0.4 is 5.32 Å². The molecule has 0 aromatic carbocycles. The fourth-order valence-electron chi connectivity index (χ4n) is 5.16. The van der Waals surface area contributed by atoms with E-state index in [0.29, 0.717) is 5.91 Å². The summed E-state index contributed by atoms with van der Waals surface area (Å²) in [5.41, 5.74) is 0.0389. The molecule has 0 radical (unpaired) electrons. The first kappa shape index (κ1) is 12.5. The summed E-state index contributed by atoms with van der Waals surface area (Å²) in [6.45, 7) is 1.74. The molecule has 4 bridgehead atoms. The Hall–Kier alpha value is -0.570. The third-order valence-electron chi connectivity index (χ3n) is 5.54. The summed E-state index contributed by atoms with van der Waals surface area (Å²) in [6, 6.07) is 0. The van der Waals surface area contributed by atoms with Crippen molar-refractivity contribution in [3.63, 3.8) is 0 Å². The van der Waals surface area contributed by atoms with Crippen molar-refractivity contribution in [2.45, 2.75) is 38.5 Å². The third kappa shape index (κ3) is 1.97. The van der Waals surface area contributed by atoms with Gasteiger partial charge in [-0.3, -0.25) is 4.79 Å². The smallest absolute Gasteiger partial charge is 0.228 e. The molecule has 4 aliphatic rings. The van der Waals surface area contributed by atoms with Crippen molar-refractivity contribution in [2.24, 2.45) is 23.2 Å². The van der Waals surface area contributed by atoms with Gasteiger partial charge in [0.1, 0.15) is 0 Å². The average Bonchev–Trinajstić information content (AvgIpc) is 2.33. The van der Waals surface area contributed by atoms with E-state index in [-0.39, 0.29) is 5.41 Å². The van der Waals surface area contributed by atoms with E-state index < -0.39 is 0 Å². The number of amides is 1. The van der Waals surface area contributed by atoms with Crippen LogP contribution in [-0.4, -0.2) is 38.0 Å². The van der Waals surface area contributed by atoms with Gasteiger partial charge in [-0.15, -0.1) is 0 Å². The molecular formula is C15H26N2O. The van der Waals surface area contributed by atoms with Crippen molar-refractivity contribution in [3.05, 3.63) is 0 Å². The minimum absolute atomic E-state index is 0.0389. The van der Waals surface area contributed by atoms with Gasteiger partial charge in [-0.25, -0.2) is 0 Å². The zero-order valence-electron chi connectivity index (χ0n) is 11.7. The minimum Gasteiger partial charge on any atom is -0.344 e. The van der Waals surface area contributed by atoms with Gasteiger partial charge in [0.2, 0.25) is 5.91 Å². The van der Waals surface area contributed by atoms with Crippen LogP contribution in [0.5, 0.6) is 0 Å². The Morgan fingerprint density at radius 1 is 1.17 bits per heavy atom. The molecule has 4 aliphatic carbocycles. The first-order valence-electron chi connectivity index (χ1n) is 7.53. The first-order valence-corrected chi connectivity index (χ1v) is 7.53. The van der Waals surface area contributed by atoms with Gasteiger partial charge in [-0.05, 0) is 63.3 Å². The first-order chi connectivity index (χ1) is 8.63. The maximum absolute atomic E-state index is 12.8. The second-order valence-electron chi connectivity index (χ2n) is 7.03. The Balaban J connectivity index is 1.72. The van der Waals surface area contributed by atoms with Crippen LogP contribution in [0.15, 0.2) is 0 Å². The van der Waals surface area contributed by atoms with E-state index in [1.807, 2.05) is 19.0 Å². The van der Waals surface area contributed by atoms with Crippen molar-refractivity contribution < 1.29 is 4.79 Å². The van der Waals surface area contributed by atoms with E-state index in [0.717, 1.165) is 30.8 Å². The number of hydrogen-bond donors (Lipinski definition) is 1. The Labute approximate surface area is 110 Å². The Morgan fingerprint density at radius 3 is 2.11 bits per heavy atom. The van der Waals surface area contributed by atoms with Gasteiger partial charge in [0.05, 0.1) is 5.41 Å². The average molecular weight is 250 g/mol. The Kier molecular flexibility index (Phi) is 3.13. The quantitative estimate of drug-likeness (QED) is 0.826. The lowest BCUT2D eigenvalue weighted by Crippen LogP contribution is -2.54. The van der Waals surface area contributed by atoms with Crippen molar-refractivity contribution in [3.8, 4) is 0 Å². The van der Waals surface area contributed by atoms with Crippen LogP contribution in [0.2, 0.25) is 0 Å². The molecule has 3 heteroatoms. The van der Waals surface area contributed by atoms with E-state index in [1.165, 1.54) is 38.5 Å². The van der Waals surface area contributed by atoms with E-state index in [2.05, 4.69) is 5.32 Å². The maximum atomic E-state index is 12.8. The molecule has 0 unspecified atom stereocenters. The molecule has 102 valence electrons. The fourth-order valence-corrected chi connectivity index (χ4v) is 5.16. The fraction of sp³-hybridized carbons (Fsp3) is 0.933. The normalized spacial score (nSPS) is 41.1. The topological polar surface area (TPSA) is 32.3 Å². The van der Waals surface area contributed by atoms with E-state index in [4.69, 9.17) is 0 Å². The summed E-state index contributed by atoms with van der Waals surface area (Å²) in [7, 11) is 3.93. The number of carbonyl (C=O) groups is 1. The standard InChI is InChI=1S/C15H26N2O/c1-16-3-4-17(2)14(18)15-8-11-5-12(9-15)7-13(6-11)10-15/h11-13,16H,3-10H2,1-2H3. The highest BCUT2D eigenvalue weighted by Gasteiger charge is 2.55. The highest BCUT2D eigenvalue weighted by molar-refractivity contribution is 5.83. The van der Waals surface area contributed by atoms with Crippen LogP contribution in [0.4, 0.5) is 0 Å². The summed E-state index contributed by atoms with van der Waals surface area (Å²) >= 11 is 0. The SMILES string of the molecule is CNCCN(C)C(=O)C12CC3CC(CC(C3)C1)C2. The molecule has 0 aromatic rings. The van der Waals surface area contributed by atoms with Crippen molar-refractivity contribution >= 4 is 5.91 Å². The van der Waals surface area contributed by atoms with Crippen molar-refractivity contribution in [1.29, 1.82) is 0 Å². The van der Waals surface area contributed by atoms with E-state index in [9.17, 15) is 4.79 Å². The van der Waals surface area contributed by atoms with Crippen molar-refractivity contribution in [1.82, 2.24) is 10.2 Å². The van der Waals surface area contributed by atoms with Gasteiger partial charge < -0.3 is 10.2 Å². The second kappa shape index (κ2) is 4.52. The molecule has 4 fully saturated rings. The molecular weight excluding hydrogens is 224 g/mol. The molecule has 0 aliphatic heterocycles. The number of hydrogen-bond acceptors (Lipinski definition) is 2. The zero-order chi connectivity index (χ0) is 12.8. The summed E-state index contributed by atoms with van der Waals surface area (Å²) < 4.78 is 0. The molecule has 1 N–H and O–H groups in total. The number of rotatable bonds is 4. The molecule has 0 spiro atoms. The number of nitrogens with zero attached hydrogens (tertiary/aromatic N) is 1. The predicted molar refractivity (Wildman–Crippen MR) is 72.2 cm³/mol. The number of nitrogens with one attached hydrogen (secondary N) is 1. The van der Waals surface area contributed by atoms with Gasteiger partial charge in [0, 0.05) is 20.1 Å². The summed E-state index contributed by atoms with van der Waals surface area (Å²) in [5, 5.41) is 3.13. The van der Waals surface area contributed by atoms with Gasteiger partial charge in [-0.1, -0.05) is 0 Å². The third-order valence-corrected chi connectivity index (χ3v) is 5.54.